The van der Waals surface area contributed by atoms with Crippen LogP contribution in [-0.4, -0.2) is 0 Å². The third kappa shape index (κ3) is 10.2. The van der Waals surface area contributed by atoms with Gasteiger partial charge in [0, 0.05) is 0 Å². The van der Waals surface area contributed by atoms with Gasteiger partial charge >= 0.3 is 26.2 Å². The molecule has 0 spiro atoms. The SMILES string of the molecule is Cc1cc(C(C)(C)C)c[cH-]1.Cc1cc(C(C)(C)C)c[cH-]1.ClC(Cl)(c1ccccc1)c1ccccc1.[Zr+2]. The van der Waals surface area contributed by atoms with Gasteiger partial charge in [0.2, 0.25) is 0 Å². The van der Waals surface area contributed by atoms with Crippen LogP contribution in [0.4, 0.5) is 0 Å². The average molecular weight is 599 g/mol. The van der Waals surface area contributed by atoms with Crippen LogP contribution >= 0.6 is 23.2 Å². The van der Waals surface area contributed by atoms with E-state index >= 15 is 0 Å². The molecular weight excluding hydrogens is 558 g/mol. The van der Waals surface area contributed by atoms with E-state index in [1.807, 2.05) is 60.7 Å². The summed E-state index contributed by atoms with van der Waals surface area (Å²) in [4.78, 5) is 0. The van der Waals surface area contributed by atoms with Crippen LogP contribution in [0.25, 0.3) is 0 Å². The van der Waals surface area contributed by atoms with Gasteiger partial charge in [-0.05, 0) is 11.1 Å². The minimum absolute atomic E-state index is 0. The molecule has 0 N–H and O–H groups in total. The molecule has 36 heavy (non-hydrogen) atoms. The predicted molar refractivity (Wildman–Crippen MR) is 156 cm³/mol. The Morgan fingerprint density at radius 2 is 0.833 bits per heavy atom. The molecule has 0 fully saturated rings. The van der Waals surface area contributed by atoms with Crippen molar-refractivity contribution in [1.82, 2.24) is 0 Å². The zero-order valence-electron chi connectivity index (χ0n) is 23.0. The Kier molecular flexibility index (Phi) is 12.6. The maximum Gasteiger partial charge on any atom is 2.00 e. The minimum atomic E-state index is -0.970. The van der Waals surface area contributed by atoms with Gasteiger partial charge in [-0.15, -0.1) is 0 Å². The van der Waals surface area contributed by atoms with Gasteiger partial charge in [0.1, 0.15) is 0 Å². The van der Waals surface area contributed by atoms with E-state index in [1.165, 1.54) is 22.3 Å². The van der Waals surface area contributed by atoms with Crippen molar-refractivity contribution in [2.75, 3.05) is 0 Å². The third-order valence-electron chi connectivity index (χ3n) is 5.82. The Morgan fingerprint density at radius 3 is 1.03 bits per heavy atom. The van der Waals surface area contributed by atoms with Crippen molar-refractivity contribution in [2.45, 2.75) is 70.6 Å². The topological polar surface area (TPSA) is 0 Å². The molecule has 0 aromatic heterocycles. The summed E-state index contributed by atoms with van der Waals surface area (Å²) < 4.78 is -0.970. The van der Waals surface area contributed by atoms with E-state index in [9.17, 15) is 0 Å². The number of aryl methyl sites for hydroxylation is 2. The van der Waals surface area contributed by atoms with Crippen molar-refractivity contribution in [3.8, 4) is 0 Å². The zero-order valence-corrected chi connectivity index (χ0v) is 27.0. The minimum Gasteiger partial charge on any atom is -0.207 e. The number of benzene rings is 2. The Morgan fingerprint density at radius 1 is 0.528 bits per heavy atom. The van der Waals surface area contributed by atoms with Crippen LogP contribution in [0.2, 0.25) is 0 Å². The van der Waals surface area contributed by atoms with Crippen molar-refractivity contribution < 1.29 is 26.2 Å². The molecule has 0 aliphatic heterocycles. The van der Waals surface area contributed by atoms with Crippen molar-refractivity contribution in [2.24, 2.45) is 0 Å². The first-order valence-electron chi connectivity index (χ1n) is 12.2. The molecule has 4 rings (SSSR count). The molecule has 0 amide bonds. The first kappa shape index (κ1) is 32.6. The molecule has 3 heteroatoms. The van der Waals surface area contributed by atoms with Crippen LogP contribution in [0.1, 0.15) is 74.9 Å². The molecule has 0 unspecified atom stereocenters. The fraction of sp³-hybridized carbons (Fsp3) is 0.333. The monoisotopic (exact) mass is 596 g/mol. The summed E-state index contributed by atoms with van der Waals surface area (Å²) in [7, 11) is 0. The zero-order chi connectivity index (χ0) is 26.3. The van der Waals surface area contributed by atoms with E-state index in [1.54, 1.807) is 0 Å². The summed E-state index contributed by atoms with van der Waals surface area (Å²) in [6.07, 6.45) is 0. The van der Waals surface area contributed by atoms with Gasteiger partial charge in [-0.1, -0.05) is 150 Å². The van der Waals surface area contributed by atoms with Crippen molar-refractivity contribution in [3.63, 3.8) is 0 Å². The van der Waals surface area contributed by atoms with Gasteiger partial charge in [0.25, 0.3) is 0 Å². The third-order valence-corrected chi connectivity index (χ3v) is 6.70. The summed E-state index contributed by atoms with van der Waals surface area (Å²) >= 11 is 12.7. The van der Waals surface area contributed by atoms with E-state index < -0.39 is 4.33 Å². The van der Waals surface area contributed by atoms with Crippen molar-refractivity contribution in [3.05, 3.63) is 130 Å². The molecule has 190 valence electrons. The van der Waals surface area contributed by atoms with Crippen LogP contribution in [-0.2, 0) is 41.4 Å². The Bertz CT molecular complexity index is 1050. The first-order chi connectivity index (χ1) is 16.2. The van der Waals surface area contributed by atoms with Crippen molar-refractivity contribution >= 4 is 23.2 Å². The Hall–Kier alpha value is -1.40. The van der Waals surface area contributed by atoms with E-state index in [4.69, 9.17) is 23.2 Å². The largest absolute Gasteiger partial charge is 2.00 e. The maximum absolute atomic E-state index is 6.35. The number of rotatable bonds is 2. The molecule has 0 heterocycles. The molecule has 4 aromatic rings. The fourth-order valence-corrected chi connectivity index (χ4v) is 4.02. The fourth-order valence-electron chi connectivity index (χ4n) is 3.52. The van der Waals surface area contributed by atoms with Gasteiger partial charge in [0.15, 0.2) is 4.33 Å². The number of hydrogen-bond donors (Lipinski definition) is 0. The van der Waals surface area contributed by atoms with Gasteiger partial charge in [-0.2, -0.15) is 46.5 Å². The molecule has 0 aliphatic rings. The average Bonchev–Trinajstić information content (AvgIpc) is 3.44. The Labute approximate surface area is 248 Å². The Balaban J connectivity index is 0.000000276. The van der Waals surface area contributed by atoms with Crippen LogP contribution in [0.3, 0.4) is 0 Å². The maximum atomic E-state index is 6.35. The number of halogens is 2. The number of hydrogen-bond acceptors (Lipinski definition) is 0. The van der Waals surface area contributed by atoms with E-state index in [-0.39, 0.29) is 26.2 Å². The molecule has 4 aromatic carbocycles. The van der Waals surface area contributed by atoms with Crippen molar-refractivity contribution in [1.29, 1.82) is 0 Å². The van der Waals surface area contributed by atoms with Gasteiger partial charge in [-0.3, -0.25) is 0 Å². The molecule has 0 nitrogen and oxygen atoms in total. The van der Waals surface area contributed by atoms with Gasteiger partial charge in [0.05, 0.1) is 0 Å². The van der Waals surface area contributed by atoms with Crippen LogP contribution in [0, 0.1) is 13.8 Å². The summed E-state index contributed by atoms with van der Waals surface area (Å²) in [5.74, 6) is 0. The van der Waals surface area contributed by atoms with Crippen LogP contribution in [0.5, 0.6) is 0 Å². The second kappa shape index (κ2) is 13.9. The standard InChI is InChI=1S/C13H10Cl2.2C10H15.Zr/c14-13(15,11-7-3-1-4-8-11)12-9-5-2-6-10-12;2*1-8-5-6-9(7-8)10(2,3)4;/h1-10H;2*5-7H,1-4H3;/q;2*-1;+2. The molecule has 0 bridgehead atoms. The van der Waals surface area contributed by atoms with E-state index in [0.29, 0.717) is 10.8 Å². The summed E-state index contributed by atoms with van der Waals surface area (Å²) in [6.45, 7) is 17.7. The van der Waals surface area contributed by atoms with Crippen LogP contribution in [0.15, 0.2) is 97.1 Å². The van der Waals surface area contributed by atoms with E-state index in [0.717, 1.165) is 11.1 Å². The quantitative estimate of drug-likeness (QED) is 0.159. The number of alkyl halides is 2. The van der Waals surface area contributed by atoms with Gasteiger partial charge in [-0.25, -0.2) is 12.1 Å². The summed E-state index contributed by atoms with van der Waals surface area (Å²) in [6, 6.07) is 32.5. The predicted octanol–water partition coefficient (Wildman–Crippen LogP) is 10.4. The molecule has 0 radical (unpaired) electrons. The molecular formula is C33H40Cl2Zr. The molecule has 0 aliphatic carbocycles. The second-order valence-electron chi connectivity index (χ2n) is 11.2. The van der Waals surface area contributed by atoms with Crippen LogP contribution < -0.4 is 0 Å². The summed E-state index contributed by atoms with van der Waals surface area (Å²) in [5.41, 5.74) is 8.01. The molecule has 0 saturated carbocycles. The second-order valence-corrected chi connectivity index (χ2v) is 12.5. The normalized spacial score (nSPS) is 11.4. The first-order valence-corrected chi connectivity index (χ1v) is 12.9. The molecule has 0 saturated heterocycles. The smallest absolute Gasteiger partial charge is 0.207 e. The molecule has 0 atom stereocenters. The summed E-state index contributed by atoms with van der Waals surface area (Å²) in [5, 5.41) is 0. The van der Waals surface area contributed by atoms with Gasteiger partial charge < -0.3 is 0 Å². The van der Waals surface area contributed by atoms with E-state index in [2.05, 4.69) is 91.8 Å².